The van der Waals surface area contributed by atoms with Gasteiger partial charge in [0.25, 0.3) is 0 Å². The minimum Gasteiger partial charge on any atom is -0.493 e. The largest absolute Gasteiger partial charge is 0.493 e. The van der Waals surface area contributed by atoms with E-state index in [0.717, 1.165) is 23.5 Å². The summed E-state index contributed by atoms with van der Waals surface area (Å²) in [6.45, 7) is 3.38. The summed E-state index contributed by atoms with van der Waals surface area (Å²) in [5.74, 6) is 1.98. The standard InChI is InChI=1S/C15H19NOS2/c1-2-18-15-7-3-6-14(13(15)11-16)17-9-8-12-5-4-10-19-12/h3-7,10H,2,8-9,11,16H2,1H3. The lowest BCUT2D eigenvalue weighted by Crippen LogP contribution is -2.06. The van der Waals surface area contributed by atoms with E-state index < -0.39 is 0 Å². The van der Waals surface area contributed by atoms with Crippen LogP contribution in [-0.4, -0.2) is 12.4 Å². The van der Waals surface area contributed by atoms with Gasteiger partial charge in [0.2, 0.25) is 0 Å². The third-order valence-electron chi connectivity index (χ3n) is 2.78. The fourth-order valence-electron chi connectivity index (χ4n) is 1.89. The smallest absolute Gasteiger partial charge is 0.124 e. The van der Waals surface area contributed by atoms with Crippen LogP contribution in [0.15, 0.2) is 40.6 Å². The number of hydrogen-bond acceptors (Lipinski definition) is 4. The number of thiophene rings is 1. The molecule has 0 amide bonds. The van der Waals surface area contributed by atoms with E-state index in [-0.39, 0.29) is 0 Å². The molecule has 102 valence electrons. The maximum absolute atomic E-state index is 5.90. The van der Waals surface area contributed by atoms with Gasteiger partial charge in [-0.2, -0.15) is 0 Å². The zero-order valence-corrected chi connectivity index (χ0v) is 12.7. The van der Waals surface area contributed by atoms with Crippen LogP contribution in [0, 0.1) is 0 Å². The van der Waals surface area contributed by atoms with Crippen LogP contribution in [0.1, 0.15) is 17.4 Å². The molecule has 1 aromatic carbocycles. The molecule has 0 bridgehead atoms. The molecule has 2 rings (SSSR count). The van der Waals surface area contributed by atoms with E-state index in [1.54, 1.807) is 11.3 Å². The van der Waals surface area contributed by atoms with Crippen molar-refractivity contribution in [2.24, 2.45) is 5.73 Å². The van der Waals surface area contributed by atoms with Gasteiger partial charge in [-0.25, -0.2) is 0 Å². The Hall–Kier alpha value is -0.970. The molecule has 0 unspecified atom stereocenters. The molecule has 0 saturated carbocycles. The fourth-order valence-corrected chi connectivity index (χ4v) is 3.42. The van der Waals surface area contributed by atoms with Crippen molar-refractivity contribution in [2.45, 2.75) is 24.8 Å². The molecule has 0 fully saturated rings. The lowest BCUT2D eigenvalue weighted by molar-refractivity contribution is 0.318. The molecule has 19 heavy (non-hydrogen) atoms. The molecular formula is C15H19NOS2. The second kappa shape index (κ2) is 7.58. The number of benzene rings is 1. The first kappa shape index (κ1) is 14.4. The van der Waals surface area contributed by atoms with Gasteiger partial charge in [-0.05, 0) is 29.3 Å². The Kier molecular flexibility index (Phi) is 5.76. The van der Waals surface area contributed by atoms with Crippen LogP contribution >= 0.6 is 23.1 Å². The van der Waals surface area contributed by atoms with E-state index >= 15 is 0 Å². The lowest BCUT2D eigenvalue weighted by atomic mass is 10.2. The molecular weight excluding hydrogens is 274 g/mol. The first-order chi connectivity index (χ1) is 9.35. The van der Waals surface area contributed by atoms with Crippen molar-refractivity contribution in [2.75, 3.05) is 12.4 Å². The van der Waals surface area contributed by atoms with E-state index in [2.05, 4.69) is 30.5 Å². The Morgan fingerprint density at radius 3 is 2.84 bits per heavy atom. The van der Waals surface area contributed by atoms with Crippen LogP contribution in [0.2, 0.25) is 0 Å². The molecule has 1 aromatic heterocycles. The number of thioether (sulfide) groups is 1. The highest BCUT2D eigenvalue weighted by Gasteiger charge is 2.08. The average molecular weight is 293 g/mol. The summed E-state index contributed by atoms with van der Waals surface area (Å²) in [4.78, 5) is 2.59. The van der Waals surface area contributed by atoms with Gasteiger partial charge in [0.1, 0.15) is 5.75 Å². The van der Waals surface area contributed by atoms with Gasteiger partial charge >= 0.3 is 0 Å². The molecule has 0 aliphatic rings. The molecule has 2 N–H and O–H groups in total. The second-order valence-electron chi connectivity index (χ2n) is 4.05. The van der Waals surface area contributed by atoms with Crippen molar-refractivity contribution in [1.29, 1.82) is 0 Å². The Bertz CT molecular complexity index is 497. The zero-order chi connectivity index (χ0) is 13.5. The van der Waals surface area contributed by atoms with Crippen molar-refractivity contribution in [3.63, 3.8) is 0 Å². The van der Waals surface area contributed by atoms with Crippen molar-refractivity contribution >= 4 is 23.1 Å². The van der Waals surface area contributed by atoms with Crippen molar-refractivity contribution < 1.29 is 4.74 Å². The summed E-state index contributed by atoms with van der Waals surface area (Å²) in [5.41, 5.74) is 6.98. The number of rotatable bonds is 7. The van der Waals surface area contributed by atoms with Gasteiger partial charge in [0.15, 0.2) is 0 Å². The SMILES string of the molecule is CCSc1cccc(OCCc2cccs2)c1CN. The van der Waals surface area contributed by atoms with Gasteiger partial charge in [0.05, 0.1) is 6.61 Å². The summed E-state index contributed by atoms with van der Waals surface area (Å²) < 4.78 is 5.90. The first-order valence-corrected chi connectivity index (χ1v) is 8.31. The third-order valence-corrected chi connectivity index (χ3v) is 4.70. The van der Waals surface area contributed by atoms with Gasteiger partial charge < -0.3 is 10.5 Å². The predicted octanol–water partition coefficient (Wildman–Crippen LogP) is 3.94. The van der Waals surface area contributed by atoms with E-state index in [0.29, 0.717) is 13.2 Å². The molecule has 4 heteroatoms. The van der Waals surface area contributed by atoms with E-state index in [1.165, 1.54) is 9.77 Å². The normalized spacial score (nSPS) is 10.6. The molecule has 2 aromatic rings. The van der Waals surface area contributed by atoms with Crippen LogP contribution in [0.4, 0.5) is 0 Å². The summed E-state index contributed by atoms with van der Waals surface area (Å²) in [7, 11) is 0. The highest BCUT2D eigenvalue weighted by molar-refractivity contribution is 7.99. The topological polar surface area (TPSA) is 35.2 Å². The summed E-state index contributed by atoms with van der Waals surface area (Å²) in [6.07, 6.45) is 0.951. The number of hydrogen-bond donors (Lipinski definition) is 1. The predicted molar refractivity (Wildman–Crippen MR) is 84.2 cm³/mol. The third kappa shape index (κ3) is 4.00. The van der Waals surface area contributed by atoms with Gasteiger partial charge in [0, 0.05) is 28.3 Å². The Balaban J connectivity index is 2.00. The quantitative estimate of drug-likeness (QED) is 0.785. The van der Waals surface area contributed by atoms with Crippen LogP contribution in [0.5, 0.6) is 5.75 Å². The van der Waals surface area contributed by atoms with Crippen LogP contribution in [0.25, 0.3) is 0 Å². The van der Waals surface area contributed by atoms with Crippen LogP contribution in [-0.2, 0) is 13.0 Å². The Morgan fingerprint density at radius 1 is 1.26 bits per heavy atom. The first-order valence-electron chi connectivity index (χ1n) is 6.45. The fraction of sp³-hybridized carbons (Fsp3) is 0.333. The van der Waals surface area contributed by atoms with Crippen LogP contribution < -0.4 is 10.5 Å². The molecule has 0 atom stereocenters. The maximum atomic E-state index is 5.90. The van der Waals surface area contributed by atoms with Crippen LogP contribution in [0.3, 0.4) is 0 Å². The molecule has 2 nitrogen and oxygen atoms in total. The molecule has 0 aliphatic carbocycles. The monoisotopic (exact) mass is 293 g/mol. The second-order valence-corrected chi connectivity index (χ2v) is 6.39. The average Bonchev–Trinajstić information content (AvgIpc) is 2.93. The highest BCUT2D eigenvalue weighted by Crippen LogP contribution is 2.29. The van der Waals surface area contributed by atoms with E-state index in [4.69, 9.17) is 10.5 Å². The number of ether oxygens (including phenoxy) is 1. The van der Waals surface area contributed by atoms with Crippen molar-refractivity contribution in [3.8, 4) is 5.75 Å². The molecule has 0 spiro atoms. The molecule has 0 radical (unpaired) electrons. The van der Waals surface area contributed by atoms with E-state index in [9.17, 15) is 0 Å². The Labute approximate surface area is 123 Å². The van der Waals surface area contributed by atoms with Gasteiger partial charge in [-0.15, -0.1) is 23.1 Å². The highest BCUT2D eigenvalue weighted by atomic mass is 32.2. The Morgan fingerprint density at radius 2 is 2.16 bits per heavy atom. The van der Waals surface area contributed by atoms with Gasteiger partial charge in [-0.3, -0.25) is 0 Å². The minimum absolute atomic E-state index is 0.525. The molecule has 1 heterocycles. The minimum atomic E-state index is 0.525. The van der Waals surface area contributed by atoms with Crippen molar-refractivity contribution in [1.82, 2.24) is 0 Å². The lowest BCUT2D eigenvalue weighted by Gasteiger charge is -2.13. The maximum Gasteiger partial charge on any atom is 0.124 e. The van der Waals surface area contributed by atoms with Crippen molar-refractivity contribution in [3.05, 3.63) is 46.2 Å². The van der Waals surface area contributed by atoms with E-state index in [1.807, 2.05) is 23.9 Å². The summed E-state index contributed by atoms with van der Waals surface area (Å²) in [6, 6.07) is 10.4. The summed E-state index contributed by atoms with van der Waals surface area (Å²) >= 11 is 3.58. The molecule has 0 aliphatic heterocycles. The summed E-state index contributed by atoms with van der Waals surface area (Å²) in [5, 5.41) is 2.10. The number of nitrogens with two attached hydrogens (primary N) is 1. The zero-order valence-electron chi connectivity index (χ0n) is 11.1. The van der Waals surface area contributed by atoms with Gasteiger partial charge in [-0.1, -0.05) is 19.1 Å². The molecule has 0 saturated heterocycles.